The van der Waals surface area contributed by atoms with Gasteiger partial charge in [0.25, 0.3) is 0 Å². The van der Waals surface area contributed by atoms with Crippen LogP contribution in [0.5, 0.6) is 0 Å². The molecule has 1 saturated carbocycles. The lowest BCUT2D eigenvalue weighted by Gasteiger charge is -2.19. The van der Waals surface area contributed by atoms with Gasteiger partial charge in [0, 0.05) is 25.4 Å². The van der Waals surface area contributed by atoms with Crippen molar-refractivity contribution in [2.45, 2.75) is 59.3 Å². The Hall–Kier alpha value is -1.88. The van der Waals surface area contributed by atoms with E-state index in [-0.39, 0.29) is 23.3 Å². The molecule has 1 aromatic carbocycles. The third-order valence-corrected chi connectivity index (χ3v) is 4.25. The first-order chi connectivity index (χ1) is 11.7. The van der Waals surface area contributed by atoms with Gasteiger partial charge < -0.3 is 15.4 Å². The van der Waals surface area contributed by atoms with E-state index in [9.17, 15) is 9.59 Å². The molecule has 0 heterocycles. The summed E-state index contributed by atoms with van der Waals surface area (Å²) in [4.78, 5) is 23.6. The van der Waals surface area contributed by atoms with Gasteiger partial charge in [-0.2, -0.15) is 0 Å². The summed E-state index contributed by atoms with van der Waals surface area (Å²) in [5, 5.41) is 5.72. The largest absolute Gasteiger partial charge is 0.371 e. The third-order valence-electron chi connectivity index (χ3n) is 4.25. The third kappa shape index (κ3) is 7.26. The minimum absolute atomic E-state index is 0.0551. The second kappa shape index (κ2) is 8.48. The van der Waals surface area contributed by atoms with Crippen molar-refractivity contribution in [2.75, 3.05) is 6.54 Å². The number of nitrogens with one attached hydrogen (secondary N) is 2. The number of hydrogen-bond donors (Lipinski definition) is 2. The van der Waals surface area contributed by atoms with Crippen molar-refractivity contribution >= 4 is 11.8 Å². The van der Waals surface area contributed by atoms with E-state index in [0.717, 1.165) is 17.5 Å². The second-order valence-electron chi connectivity index (χ2n) is 7.86. The van der Waals surface area contributed by atoms with E-state index in [4.69, 9.17) is 4.74 Å². The van der Waals surface area contributed by atoms with Crippen LogP contribution in [0.1, 0.15) is 51.7 Å². The van der Waals surface area contributed by atoms with E-state index in [0.29, 0.717) is 32.0 Å². The summed E-state index contributed by atoms with van der Waals surface area (Å²) in [6, 6.07) is 8.02. The molecule has 2 atom stereocenters. The van der Waals surface area contributed by atoms with E-state index >= 15 is 0 Å². The van der Waals surface area contributed by atoms with Crippen LogP contribution < -0.4 is 10.6 Å². The molecular formula is C20H30N2O3. The zero-order chi connectivity index (χ0) is 18.4. The molecule has 1 aliphatic rings. The average molecular weight is 346 g/mol. The average Bonchev–Trinajstić information content (AvgIpc) is 3.28. The van der Waals surface area contributed by atoms with Crippen LogP contribution in [0.4, 0.5) is 0 Å². The highest BCUT2D eigenvalue weighted by molar-refractivity contribution is 5.82. The first kappa shape index (κ1) is 19.4. The Kier molecular flexibility index (Phi) is 6.59. The molecule has 1 fully saturated rings. The number of carbonyl (C=O) groups is 2. The standard InChI is InChI=1S/C20H30N2O3/c1-14-10-17(14)19(24)21-9-8-18(23)22-12-15-6-5-7-16(11-15)13-25-20(2,3)4/h5-7,11,14,17H,8-10,12-13H2,1-4H3,(H,21,24)(H,22,23)/t14-,17-/m1/s1. The van der Waals surface area contributed by atoms with Gasteiger partial charge in [-0.15, -0.1) is 0 Å². The number of rotatable bonds is 8. The molecular weight excluding hydrogens is 316 g/mol. The van der Waals surface area contributed by atoms with E-state index in [1.807, 2.05) is 45.0 Å². The van der Waals surface area contributed by atoms with Crippen LogP contribution in [0.15, 0.2) is 24.3 Å². The highest BCUT2D eigenvalue weighted by Gasteiger charge is 2.38. The molecule has 2 amide bonds. The van der Waals surface area contributed by atoms with Gasteiger partial charge in [-0.3, -0.25) is 9.59 Å². The van der Waals surface area contributed by atoms with Gasteiger partial charge >= 0.3 is 0 Å². The lowest BCUT2D eigenvalue weighted by molar-refractivity contribution is -0.123. The molecule has 2 rings (SSSR count). The molecule has 0 aromatic heterocycles. The fraction of sp³-hybridized carbons (Fsp3) is 0.600. The summed E-state index contributed by atoms with van der Waals surface area (Å²) in [5.41, 5.74) is 1.96. The first-order valence-corrected chi connectivity index (χ1v) is 9.01. The Morgan fingerprint density at radius 3 is 2.52 bits per heavy atom. The topological polar surface area (TPSA) is 67.4 Å². The van der Waals surface area contributed by atoms with E-state index < -0.39 is 0 Å². The predicted octanol–water partition coefficient (Wildman–Crippen LogP) is 2.78. The quantitative estimate of drug-likeness (QED) is 0.760. The Morgan fingerprint density at radius 2 is 1.88 bits per heavy atom. The van der Waals surface area contributed by atoms with E-state index in [1.54, 1.807) is 0 Å². The fourth-order valence-electron chi connectivity index (χ4n) is 2.54. The second-order valence-corrected chi connectivity index (χ2v) is 7.86. The summed E-state index contributed by atoms with van der Waals surface area (Å²) in [7, 11) is 0. The summed E-state index contributed by atoms with van der Waals surface area (Å²) >= 11 is 0. The summed E-state index contributed by atoms with van der Waals surface area (Å²) in [6.07, 6.45) is 1.27. The Labute approximate surface area is 150 Å². The van der Waals surface area contributed by atoms with Crippen LogP contribution in [0.2, 0.25) is 0 Å². The molecule has 0 spiro atoms. The minimum atomic E-state index is -0.174. The van der Waals surface area contributed by atoms with Crippen molar-refractivity contribution in [3.63, 3.8) is 0 Å². The maximum atomic E-state index is 11.9. The Morgan fingerprint density at radius 1 is 1.20 bits per heavy atom. The minimum Gasteiger partial charge on any atom is -0.371 e. The molecule has 25 heavy (non-hydrogen) atoms. The summed E-state index contributed by atoms with van der Waals surface area (Å²) in [5.74, 6) is 0.664. The van der Waals surface area contributed by atoms with Crippen LogP contribution >= 0.6 is 0 Å². The summed E-state index contributed by atoms with van der Waals surface area (Å²) in [6.45, 7) is 9.58. The van der Waals surface area contributed by atoms with Gasteiger partial charge in [-0.1, -0.05) is 31.2 Å². The SMILES string of the molecule is C[C@@H]1C[C@H]1C(=O)NCCC(=O)NCc1cccc(COC(C)(C)C)c1. The van der Waals surface area contributed by atoms with Crippen molar-refractivity contribution in [1.29, 1.82) is 0 Å². The lowest BCUT2D eigenvalue weighted by atomic mass is 10.1. The number of carbonyl (C=O) groups excluding carboxylic acids is 2. The van der Waals surface area contributed by atoms with Crippen molar-refractivity contribution in [2.24, 2.45) is 11.8 Å². The predicted molar refractivity (Wildman–Crippen MR) is 97.7 cm³/mol. The van der Waals surface area contributed by atoms with Crippen molar-refractivity contribution in [3.05, 3.63) is 35.4 Å². The maximum absolute atomic E-state index is 11.9. The van der Waals surface area contributed by atoms with Crippen LogP contribution in [-0.4, -0.2) is 24.0 Å². The van der Waals surface area contributed by atoms with Gasteiger partial charge in [-0.25, -0.2) is 0 Å². The Bertz CT molecular complexity index is 607. The molecule has 1 aromatic rings. The molecule has 138 valence electrons. The van der Waals surface area contributed by atoms with Gasteiger partial charge in [0.05, 0.1) is 12.2 Å². The van der Waals surface area contributed by atoms with Crippen molar-refractivity contribution < 1.29 is 14.3 Å². The number of hydrogen-bond acceptors (Lipinski definition) is 3. The first-order valence-electron chi connectivity index (χ1n) is 9.01. The maximum Gasteiger partial charge on any atom is 0.223 e. The van der Waals surface area contributed by atoms with Crippen LogP contribution in [0, 0.1) is 11.8 Å². The highest BCUT2D eigenvalue weighted by atomic mass is 16.5. The number of ether oxygens (including phenoxy) is 1. The fourth-order valence-corrected chi connectivity index (χ4v) is 2.54. The summed E-state index contributed by atoms with van der Waals surface area (Å²) < 4.78 is 5.78. The zero-order valence-corrected chi connectivity index (χ0v) is 15.7. The van der Waals surface area contributed by atoms with Crippen LogP contribution in [-0.2, 0) is 27.5 Å². The monoisotopic (exact) mass is 346 g/mol. The molecule has 5 heteroatoms. The molecule has 0 unspecified atom stereocenters. The van der Waals surface area contributed by atoms with Gasteiger partial charge in [0.2, 0.25) is 11.8 Å². The smallest absolute Gasteiger partial charge is 0.223 e. The van der Waals surface area contributed by atoms with E-state index in [1.165, 1.54) is 0 Å². The molecule has 0 aliphatic heterocycles. The number of benzene rings is 1. The number of amides is 2. The van der Waals surface area contributed by atoms with Crippen LogP contribution in [0.3, 0.4) is 0 Å². The molecule has 2 N–H and O–H groups in total. The van der Waals surface area contributed by atoms with Crippen LogP contribution in [0.25, 0.3) is 0 Å². The van der Waals surface area contributed by atoms with Gasteiger partial charge in [0.15, 0.2) is 0 Å². The molecule has 0 bridgehead atoms. The molecule has 0 radical (unpaired) electrons. The zero-order valence-electron chi connectivity index (χ0n) is 15.7. The van der Waals surface area contributed by atoms with Gasteiger partial charge in [-0.05, 0) is 44.2 Å². The normalized spacial score (nSPS) is 19.4. The molecule has 5 nitrogen and oxygen atoms in total. The lowest BCUT2D eigenvalue weighted by Crippen LogP contribution is -2.31. The van der Waals surface area contributed by atoms with Crippen molar-refractivity contribution in [3.8, 4) is 0 Å². The highest BCUT2D eigenvalue weighted by Crippen LogP contribution is 2.37. The molecule has 0 saturated heterocycles. The van der Waals surface area contributed by atoms with Crippen molar-refractivity contribution in [1.82, 2.24) is 10.6 Å². The van der Waals surface area contributed by atoms with Gasteiger partial charge in [0.1, 0.15) is 0 Å². The van der Waals surface area contributed by atoms with E-state index in [2.05, 4.69) is 17.6 Å². The Balaban J connectivity index is 1.67. The molecule has 1 aliphatic carbocycles.